The number of hydrogen-bond donors (Lipinski definition) is 1. The molecule has 1 aromatic heterocycles. The zero-order chi connectivity index (χ0) is 22.6. The van der Waals surface area contributed by atoms with E-state index in [1.54, 1.807) is 13.2 Å². The first-order valence-corrected chi connectivity index (χ1v) is 11.4. The van der Waals surface area contributed by atoms with E-state index in [1.807, 2.05) is 47.4 Å². The van der Waals surface area contributed by atoms with E-state index >= 15 is 0 Å². The summed E-state index contributed by atoms with van der Waals surface area (Å²) in [6.07, 6.45) is 1.90. The van der Waals surface area contributed by atoms with Gasteiger partial charge in [0.25, 0.3) is 5.91 Å². The molecule has 0 bridgehead atoms. The van der Waals surface area contributed by atoms with Crippen LogP contribution in [0.4, 0.5) is 0 Å². The van der Waals surface area contributed by atoms with Crippen molar-refractivity contribution in [2.75, 3.05) is 20.2 Å². The zero-order valence-electron chi connectivity index (χ0n) is 18.8. The Morgan fingerprint density at radius 2 is 1.70 bits per heavy atom. The molecule has 5 heteroatoms. The van der Waals surface area contributed by atoms with E-state index in [2.05, 4.69) is 35.3 Å². The van der Waals surface area contributed by atoms with Gasteiger partial charge in [0.2, 0.25) is 0 Å². The van der Waals surface area contributed by atoms with Gasteiger partial charge in [0.15, 0.2) is 11.5 Å². The molecule has 0 saturated carbocycles. The predicted molar refractivity (Wildman–Crippen MR) is 130 cm³/mol. The van der Waals surface area contributed by atoms with Gasteiger partial charge >= 0.3 is 0 Å². The van der Waals surface area contributed by atoms with Gasteiger partial charge in [0.1, 0.15) is 6.61 Å². The van der Waals surface area contributed by atoms with Crippen LogP contribution in [-0.2, 0) is 6.61 Å². The van der Waals surface area contributed by atoms with Gasteiger partial charge in [0.05, 0.1) is 7.11 Å². The van der Waals surface area contributed by atoms with E-state index < -0.39 is 0 Å². The predicted octanol–water partition coefficient (Wildman–Crippen LogP) is 5.78. The maximum absolute atomic E-state index is 13.2. The molecule has 0 spiro atoms. The van der Waals surface area contributed by atoms with Crippen LogP contribution in [0.5, 0.6) is 11.5 Å². The van der Waals surface area contributed by atoms with Crippen LogP contribution in [0.2, 0.25) is 0 Å². The van der Waals surface area contributed by atoms with Gasteiger partial charge in [-0.2, -0.15) is 0 Å². The Labute approximate surface area is 193 Å². The number of para-hydroxylation sites is 1. The Morgan fingerprint density at radius 3 is 2.45 bits per heavy atom. The van der Waals surface area contributed by atoms with Crippen LogP contribution in [-0.4, -0.2) is 36.0 Å². The molecule has 2 heterocycles. The van der Waals surface area contributed by atoms with Crippen molar-refractivity contribution in [1.29, 1.82) is 0 Å². The number of aromatic amines is 1. The molecule has 1 amide bonds. The molecule has 5 rings (SSSR count). The Bertz CT molecular complexity index is 1210. The minimum absolute atomic E-state index is 0.0398. The highest BCUT2D eigenvalue weighted by molar-refractivity contribution is 5.95. The number of aromatic nitrogens is 1. The summed E-state index contributed by atoms with van der Waals surface area (Å²) in [6.45, 7) is 1.94. The van der Waals surface area contributed by atoms with E-state index in [4.69, 9.17) is 9.47 Å². The summed E-state index contributed by atoms with van der Waals surface area (Å²) in [4.78, 5) is 18.7. The lowest BCUT2D eigenvalue weighted by atomic mass is 9.93. The minimum atomic E-state index is 0.0398. The summed E-state index contributed by atoms with van der Waals surface area (Å²) in [6, 6.07) is 26.0. The van der Waals surface area contributed by atoms with Gasteiger partial charge in [-0.25, -0.2) is 0 Å². The molecule has 4 aromatic rings. The van der Waals surface area contributed by atoms with Crippen molar-refractivity contribution in [2.24, 2.45) is 0 Å². The first-order chi connectivity index (χ1) is 16.2. The van der Waals surface area contributed by atoms with Crippen LogP contribution in [0.1, 0.15) is 40.4 Å². The Morgan fingerprint density at radius 1 is 0.939 bits per heavy atom. The van der Waals surface area contributed by atoms with Crippen LogP contribution < -0.4 is 9.47 Å². The van der Waals surface area contributed by atoms with E-state index in [1.165, 1.54) is 16.6 Å². The molecule has 1 aliphatic rings. The second kappa shape index (κ2) is 9.41. The largest absolute Gasteiger partial charge is 0.493 e. The number of H-pyrrole nitrogens is 1. The van der Waals surface area contributed by atoms with E-state index in [0.29, 0.717) is 29.6 Å². The number of hydrogen-bond acceptors (Lipinski definition) is 3. The van der Waals surface area contributed by atoms with Crippen LogP contribution in [0.15, 0.2) is 78.9 Å². The first-order valence-electron chi connectivity index (χ1n) is 11.4. The minimum Gasteiger partial charge on any atom is -0.493 e. The maximum Gasteiger partial charge on any atom is 0.253 e. The topological polar surface area (TPSA) is 54.6 Å². The van der Waals surface area contributed by atoms with Gasteiger partial charge in [0, 0.05) is 35.8 Å². The molecule has 168 valence electrons. The Kier molecular flexibility index (Phi) is 6.03. The van der Waals surface area contributed by atoms with Crippen LogP contribution in [0, 0.1) is 0 Å². The summed E-state index contributed by atoms with van der Waals surface area (Å²) in [7, 11) is 1.60. The van der Waals surface area contributed by atoms with Gasteiger partial charge in [-0.15, -0.1) is 0 Å². The highest BCUT2D eigenvalue weighted by atomic mass is 16.5. The van der Waals surface area contributed by atoms with Crippen LogP contribution in [0.3, 0.4) is 0 Å². The zero-order valence-corrected chi connectivity index (χ0v) is 18.8. The lowest BCUT2D eigenvalue weighted by Gasteiger charge is -2.31. The number of nitrogens with one attached hydrogen (secondary N) is 1. The number of ether oxygens (including phenoxy) is 2. The quantitative estimate of drug-likeness (QED) is 0.414. The van der Waals surface area contributed by atoms with Crippen molar-refractivity contribution in [3.63, 3.8) is 0 Å². The van der Waals surface area contributed by atoms with Crippen molar-refractivity contribution < 1.29 is 14.3 Å². The lowest BCUT2D eigenvalue weighted by molar-refractivity contribution is 0.0711. The third kappa shape index (κ3) is 4.58. The van der Waals surface area contributed by atoms with Gasteiger partial charge in [-0.3, -0.25) is 4.79 Å². The average Bonchev–Trinajstić information content (AvgIpc) is 3.32. The summed E-state index contributed by atoms with van der Waals surface area (Å²) in [5.74, 6) is 1.70. The number of methoxy groups -OCH3 is 1. The van der Waals surface area contributed by atoms with E-state index in [0.717, 1.165) is 31.5 Å². The second-order valence-electron chi connectivity index (χ2n) is 8.52. The standard InChI is InChI=1S/C28H28N2O3/c1-32-27-18-23(11-12-26(27)33-19-20-7-3-2-4-8-20)28(31)30-15-13-21(14-16-30)25-17-22-9-5-6-10-24(22)29-25/h2-12,17-18,21,29H,13-16,19H2,1H3. The van der Waals surface area contributed by atoms with Crippen LogP contribution in [0.25, 0.3) is 10.9 Å². The fourth-order valence-electron chi connectivity index (χ4n) is 4.55. The number of rotatable bonds is 6. The SMILES string of the molecule is COc1cc(C(=O)N2CCC(c3cc4ccccc4[nH]3)CC2)ccc1OCc1ccccc1. The highest BCUT2D eigenvalue weighted by Gasteiger charge is 2.26. The third-order valence-electron chi connectivity index (χ3n) is 6.42. The first kappa shape index (κ1) is 21.1. The van der Waals surface area contributed by atoms with Gasteiger partial charge in [-0.05, 0) is 54.1 Å². The molecule has 0 radical (unpaired) electrons. The molecular formula is C28H28N2O3. The van der Waals surface area contributed by atoms with Gasteiger partial charge in [-0.1, -0.05) is 48.5 Å². The molecule has 0 unspecified atom stereocenters. The van der Waals surface area contributed by atoms with Crippen molar-refractivity contribution in [3.05, 3.63) is 95.7 Å². The monoisotopic (exact) mass is 440 g/mol. The molecule has 3 aromatic carbocycles. The number of carbonyl (C=O) groups is 1. The normalized spacial score (nSPS) is 14.4. The lowest BCUT2D eigenvalue weighted by Crippen LogP contribution is -2.38. The number of carbonyl (C=O) groups excluding carboxylic acids is 1. The molecule has 5 nitrogen and oxygen atoms in total. The molecule has 1 fully saturated rings. The molecule has 33 heavy (non-hydrogen) atoms. The average molecular weight is 441 g/mol. The molecule has 0 aliphatic carbocycles. The summed E-state index contributed by atoms with van der Waals surface area (Å²) < 4.78 is 11.4. The molecule has 1 saturated heterocycles. The number of amides is 1. The Balaban J connectivity index is 1.23. The summed E-state index contributed by atoms with van der Waals surface area (Å²) in [5, 5.41) is 1.24. The second-order valence-corrected chi connectivity index (χ2v) is 8.52. The summed E-state index contributed by atoms with van der Waals surface area (Å²) >= 11 is 0. The van der Waals surface area contributed by atoms with E-state index in [-0.39, 0.29) is 5.91 Å². The molecule has 0 atom stereocenters. The number of likely N-dealkylation sites (tertiary alicyclic amines) is 1. The van der Waals surface area contributed by atoms with E-state index in [9.17, 15) is 4.79 Å². The maximum atomic E-state index is 13.2. The highest BCUT2D eigenvalue weighted by Crippen LogP contribution is 2.32. The fourth-order valence-corrected chi connectivity index (χ4v) is 4.55. The fraction of sp³-hybridized carbons (Fsp3) is 0.250. The Hall–Kier alpha value is -3.73. The van der Waals surface area contributed by atoms with Crippen molar-refractivity contribution in [3.8, 4) is 11.5 Å². The number of benzene rings is 3. The van der Waals surface area contributed by atoms with Crippen molar-refractivity contribution in [1.82, 2.24) is 9.88 Å². The molecule has 1 aliphatic heterocycles. The summed E-state index contributed by atoms with van der Waals surface area (Å²) in [5.41, 5.74) is 4.15. The number of nitrogens with zero attached hydrogens (tertiary/aromatic N) is 1. The van der Waals surface area contributed by atoms with Crippen molar-refractivity contribution >= 4 is 16.8 Å². The molecule has 1 N–H and O–H groups in total. The van der Waals surface area contributed by atoms with Crippen LogP contribution >= 0.6 is 0 Å². The third-order valence-corrected chi connectivity index (χ3v) is 6.42. The van der Waals surface area contributed by atoms with Gasteiger partial charge < -0.3 is 19.4 Å². The van der Waals surface area contributed by atoms with Crippen molar-refractivity contribution in [2.45, 2.75) is 25.4 Å². The number of piperidine rings is 1. The number of fused-ring (bicyclic) bond motifs is 1. The molecular weight excluding hydrogens is 412 g/mol. The smallest absolute Gasteiger partial charge is 0.253 e.